The molecule has 8 heteroatoms. The lowest BCUT2D eigenvalue weighted by molar-refractivity contribution is 0.0495. The number of ether oxygens (including phenoxy) is 2. The summed E-state index contributed by atoms with van der Waals surface area (Å²) < 4.78 is 12.7. The van der Waals surface area contributed by atoms with E-state index in [4.69, 9.17) is 21.1 Å². The zero-order chi connectivity index (χ0) is 19.5. The van der Waals surface area contributed by atoms with Gasteiger partial charge in [-0.2, -0.15) is 0 Å². The molecule has 0 saturated carbocycles. The maximum Gasteiger partial charge on any atom is 0.257 e. The number of carbonyl (C=O) groups is 1. The third-order valence-corrected chi connectivity index (χ3v) is 4.84. The van der Waals surface area contributed by atoms with Crippen molar-refractivity contribution in [1.82, 2.24) is 19.9 Å². The predicted octanol–water partition coefficient (Wildman–Crippen LogP) is 3.22. The van der Waals surface area contributed by atoms with Crippen molar-refractivity contribution < 1.29 is 14.3 Å². The number of carbonyl (C=O) groups excluding carboxylic acids is 1. The Hall–Kier alpha value is -3.06. The summed E-state index contributed by atoms with van der Waals surface area (Å²) in [4.78, 5) is 14.5. The third-order valence-electron chi connectivity index (χ3n) is 4.60. The average Bonchev–Trinajstić information content (AvgIpc) is 3.14. The molecule has 1 fully saturated rings. The second kappa shape index (κ2) is 7.90. The van der Waals surface area contributed by atoms with E-state index in [1.54, 1.807) is 27.8 Å². The van der Waals surface area contributed by atoms with E-state index in [9.17, 15) is 4.79 Å². The maximum absolute atomic E-state index is 12.7. The van der Waals surface area contributed by atoms with Crippen molar-refractivity contribution in [2.45, 2.75) is 12.6 Å². The van der Waals surface area contributed by atoms with Crippen LogP contribution in [0.1, 0.15) is 22.1 Å². The number of benzene rings is 2. The molecule has 4 rings (SSSR count). The van der Waals surface area contributed by atoms with Gasteiger partial charge in [-0.25, -0.2) is 4.68 Å². The van der Waals surface area contributed by atoms with Crippen LogP contribution in [-0.2, 0) is 6.61 Å². The van der Waals surface area contributed by atoms with Gasteiger partial charge in [0.15, 0.2) is 0 Å². The smallest absolute Gasteiger partial charge is 0.257 e. The van der Waals surface area contributed by atoms with Gasteiger partial charge >= 0.3 is 0 Å². The minimum Gasteiger partial charge on any atom is -0.496 e. The summed E-state index contributed by atoms with van der Waals surface area (Å²) in [5.41, 5.74) is 1.20. The number of para-hydroxylation sites is 1. The van der Waals surface area contributed by atoms with Crippen molar-refractivity contribution in [3.63, 3.8) is 0 Å². The molecule has 0 bridgehead atoms. The molecule has 1 aromatic heterocycles. The molecule has 1 saturated heterocycles. The summed E-state index contributed by atoms with van der Waals surface area (Å²) in [6.07, 6.45) is 1.86. The molecule has 1 aliphatic heterocycles. The number of rotatable bonds is 6. The average molecular weight is 399 g/mol. The Morgan fingerprint density at radius 1 is 1.21 bits per heavy atom. The number of amides is 1. The number of nitrogens with zero attached hydrogens (tertiary/aromatic N) is 4. The molecular formula is C20H19ClN4O3. The fourth-order valence-electron chi connectivity index (χ4n) is 3.04. The Labute approximate surface area is 167 Å². The molecule has 0 N–H and O–H groups in total. The van der Waals surface area contributed by atoms with Crippen LogP contribution in [0.2, 0.25) is 5.02 Å². The standard InChI is InChI=1S/C20H19ClN4O3/c1-27-19-8-7-14(21)9-18(19)20(26)24-11-16(12-24)25-10-15(22-23-25)13-28-17-5-3-2-4-6-17/h2-10,16H,11-13H2,1H3. The van der Waals surface area contributed by atoms with Crippen molar-refractivity contribution in [2.24, 2.45) is 0 Å². The van der Waals surface area contributed by atoms with E-state index in [-0.39, 0.29) is 11.9 Å². The van der Waals surface area contributed by atoms with Crippen molar-refractivity contribution in [2.75, 3.05) is 20.2 Å². The third kappa shape index (κ3) is 3.80. The molecule has 0 unspecified atom stereocenters. The predicted molar refractivity (Wildman–Crippen MR) is 104 cm³/mol. The van der Waals surface area contributed by atoms with Crippen LogP contribution in [-0.4, -0.2) is 46.0 Å². The van der Waals surface area contributed by atoms with Gasteiger partial charge in [0.2, 0.25) is 0 Å². The Kier molecular flexibility index (Phi) is 5.16. The number of methoxy groups -OCH3 is 1. The summed E-state index contributed by atoms with van der Waals surface area (Å²) in [6, 6.07) is 14.7. The SMILES string of the molecule is COc1ccc(Cl)cc1C(=O)N1CC(n2cc(COc3ccccc3)nn2)C1. The molecule has 7 nitrogen and oxygen atoms in total. The van der Waals surface area contributed by atoms with Gasteiger partial charge in [-0.3, -0.25) is 4.79 Å². The van der Waals surface area contributed by atoms with Crippen LogP contribution in [0.25, 0.3) is 0 Å². The summed E-state index contributed by atoms with van der Waals surface area (Å²) >= 11 is 6.02. The first-order chi connectivity index (χ1) is 13.6. The number of hydrogen-bond acceptors (Lipinski definition) is 5. The van der Waals surface area contributed by atoms with E-state index in [0.29, 0.717) is 36.0 Å². The summed E-state index contributed by atoms with van der Waals surface area (Å²) in [6.45, 7) is 1.45. The molecule has 0 spiro atoms. The van der Waals surface area contributed by atoms with Crippen LogP contribution in [0.3, 0.4) is 0 Å². The summed E-state index contributed by atoms with van der Waals surface area (Å²) in [7, 11) is 1.54. The first kappa shape index (κ1) is 18.3. The monoisotopic (exact) mass is 398 g/mol. The zero-order valence-corrected chi connectivity index (χ0v) is 16.0. The van der Waals surface area contributed by atoms with Gasteiger partial charge in [0.05, 0.1) is 24.9 Å². The quantitative estimate of drug-likeness (QED) is 0.637. The molecule has 144 valence electrons. The van der Waals surface area contributed by atoms with E-state index in [0.717, 1.165) is 11.4 Å². The van der Waals surface area contributed by atoms with Gasteiger partial charge in [-0.1, -0.05) is 35.0 Å². The molecule has 0 aliphatic carbocycles. The minimum atomic E-state index is -0.108. The van der Waals surface area contributed by atoms with Gasteiger partial charge in [0.1, 0.15) is 23.8 Å². The summed E-state index contributed by atoms with van der Waals surface area (Å²) in [5, 5.41) is 8.82. The molecule has 3 aromatic rings. The maximum atomic E-state index is 12.7. The molecule has 1 aliphatic rings. The Balaban J connectivity index is 1.35. The first-order valence-electron chi connectivity index (χ1n) is 8.85. The van der Waals surface area contributed by atoms with Crippen LogP contribution >= 0.6 is 11.6 Å². The second-order valence-corrected chi connectivity index (χ2v) is 6.94. The van der Waals surface area contributed by atoms with Crippen LogP contribution in [0.15, 0.2) is 54.7 Å². The van der Waals surface area contributed by atoms with Gasteiger partial charge < -0.3 is 14.4 Å². The number of halogens is 1. The topological polar surface area (TPSA) is 69.5 Å². The van der Waals surface area contributed by atoms with E-state index >= 15 is 0 Å². The van der Waals surface area contributed by atoms with Crippen LogP contribution in [0, 0.1) is 0 Å². The van der Waals surface area contributed by atoms with Gasteiger partial charge in [0.25, 0.3) is 5.91 Å². The highest BCUT2D eigenvalue weighted by Gasteiger charge is 2.34. The Bertz CT molecular complexity index is 971. The normalized spacial score (nSPS) is 13.9. The fourth-order valence-corrected chi connectivity index (χ4v) is 3.21. The van der Waals surface area contributed by atoms with Crippen molar-refractivity contribution in [3.05, 3.63) is 71.0 Å². The van der Waals surface area contributed by atoms with Crippen LogP contribution < -0.4 is 9.47 Å². The fraction of sp³-hybridized carbons (Fsp3) is 0.250. The molecule has 0 radical (unpaired) electrons. The summed E-state index contributed by atoms with van der Waals surface area (Å²) in [5.74, 6) is 1.19. The number of likely N-dealkylation sites (tertiary alicyclic amines) is 1. The molecule has 1 amide bonds. The van der Waals surface area contributed by atoms with E-state index in [1.807, 2.05) is 36.5 Å². The van der Waals surface area contributed by atoms with E-state index in [1.165, 1.54) is 7.11 Å². The van der Waals surface area contributed by atoms with Crippen LogP contribution in [0.4, 0.5) is 0 Å². The molecule has 0 atom stereocenters. The van der Waals surface area contributed by atoms with Crippen molar-refractivity contribution >= 4 is 17.5 Å². The van der Waals surface area contributed by atoms with Crippen LogP contribution in [0.5, 0.6) is 11.5 Å². The first-order valence-corrected chi connectivity index (χ1v) is 9.23. The van der Waals surface area contributed by atoms with Gasteiger partial charge in [-0.05, 0) is 30.3 Å². The zero-order valence-electron chi connectivity index (χ0n) is 15.3. The van der Waals surface area contributed by atoms with Gasteiger partial charge in [0, 0.05) is 18.1 Å². The van der Waals surface area contributed by atoms with E-state index < -0.39 is 0 Å². The highest BCUT2D eigenvalue weighted by atomic mass is 35.5. The number of hydrogen-bond donors (Lipinski definition) is 0. The minimum absolute atomic E-state index is 0.0899. The van der Waals surface area contributed by atoms with Crippen molar-refractivity contribution in [1.29, 1.82) is 0 Å². The lowest BCUT2D eigenvalue weighted by Crippen LogP contribution is -2.51. The second-order valence-electron chi connectivity index (χ2n) is 6.50. The lowest BCUT2D eigenvalue weighted by atomic mass is 10.1. The highest BCUT2D eigenvalue weighted by Crippen LogP contribution is 2.28. The largest absolute Gasteiger partial charge is 0.496 e. The molecule has 2 aromatic carbocycles. The Morgan fingerprint density at radius 3 is 2.75 bits per heavy atom. The lowest BCUT2D eigenvalue weighted by Gasteiger charge is -2.39. The van der Waals surface area contributed by atoms with Crippen molar-refractivity contribution in [3.8, 4) is 11.5 Å². The molecular weight excluding hydrogens is 380 g/mol. The van der Waals surface area contributed by atoms with E-state index in [2.05, 4.69) is 10.3 Å². The van der Waals surface area contributed by atoms with Gasteiger partial charge in [-0.15, -0.1) is 5.10 Å². The number of aromatic nitrogens is 3. The molecule has 28 heavy (non-hydrogen) atoms. The highest BCUT2D eigenvalue weighted by molar-refractivity contribution is 6.31. The molecule has 2 heterocycles. The Morgan fingerprint density at radius 2 is 2.00 bits per heavy atom.